The van der Waals surface area contributed by atoms with Crippen LogP contribution < -0.4 is 5.32 Å². The lowest BCUT2D eigenvalue weighted by Gasteiger charge is -2.58. The molecule has 5 fully saturated rings. The Kier molecular flexibility index (Phi) is 5.26. The average Bonchev–Trinajstić information content (AvgIpc) is 3.16. The predicted molar refractivity (Wildman–Crippen MR) is 118 cm³/mol. The molecule has 0 radical (unpaired) electrons. The molecule has 1 aromatic carbocycles. The number of aliphatic hydroxyl groups is 1. The second-order valence-corrected chi connectivity index (χ2v) is 12.2. The predicted octanol–water partition coefficient (Wildman–Crippen LogP) is 2.98. The molecular weight excluding hydrogens is 431 g/mol. The molecule has 1 amide bonds. The van der Waals surface area contributed by atoms with E-state index in [-0.39, 0.29) is 41.6 Å². The highest BCUT2D eigenvalue weighted by Crippen LogP contribution is 2.56. The van der Waals surface area contributed by atoms with Crippen molar-refractivity contribution in [1.29, 1.82) is 0 Å². The Balaban J connectivity index is 1.43. The molecule has 1 aromatic rings. The van der Waals surface area contributed by atoms with Gasteiger partial charge in [-0.1, -0.05) is 6.08 Å². The highest BCUT2D eigenvalue weighted by molar-refractivity contribution is 7.89. The first kappa shape index (κ1) is 22.0. The van der Waals surface area contributed by atoms with Crippen LogP contribution in [0, 0.1) is 23.6 Å². The zero-order chi connectivity index (χ0) is 22.7. The Bertz CT molecular complexity index is 1010. The topological polar surface area (TPSA) is 86.7 Å². The maximum atomic E-state index is 13.8. The van der Waals surface area contributed by atoms with E-state index < -0.39 is 27.0 Å². The number of hydrogen-bond acceptors (Lipinski definition) is 4. The third-order valence-electron chi connectivity index (χ3n) is 8.27. The first-order valence-corrected chi connectivity index (χ1v) is 13.0. The molecule has 1 heterocycles. The number of carbonyl (C=O) groups is 1. The molecule has 1 saturated heterocycles. The van der Waals surface area contributed by atoms with E-state index in [1.54, 1.807) is 6.08 Å². The van der Waals surface area contributed by atoms with Gasteiger partial charge in [-0.15, -0.1) is 6.58 Å². The minimum atomic E-state index is -3.98. The van der Waals surface area contributed by atoms with Crippen LogP contribution in [0.4, 0.5) is 4.39 Å². The summed E-state index contributed by atoms with van der Waals surface area (Å²) in [5, 5.41) is 14.1. The molecule has 2 N–H and O–H groups in total. The smallest absolute Gasteiger partial charge is 0.244 e. The first-order chi connectivity index (χ1) is 15.2. The molecule has 0 spiro atoms. The van der Waals surface area contributed by atoms with E-state index in [0.717, 1.165) is 31.4 Å². The van der Waals surface area contributed by atoms with Gasteiger partial charge in [-0.3, -0.25) is 4.79 Å². The second-order valence-electron chi connectivity index (χ2n) is 10.4. The molecule has 3 atom stereocenters. The van der Waals surface area contributed by atoms with Crippen LogP contribution in [0.1, 0.15) is 51.4 Å². The minimum Gasteiger partial charge on any atom is -0.390 e. The van der Waals surface area contributed by atoms with Gasteiger partial charge in [0.05, 0.1) is 10.5 Å². The molecule has 32 heavy (non-hydrogen) atoms. The fourth-order valence-electron chi connectivity index (χ4n) is 7.20. The molecule has 4 bridgehead atoms. The van der Waals surface area contributed by atoms with Crippen LogP contribution >= 0.6 is 0 Å². The minimum absolute atomic E-state index is 0.0149. The van der Waals surface area contributed by atoms with Crippen LogP contribution in [0.15, 0.2) is 41.8 Å². The Morgan fingerprint density at radius 2 is 1.88 bits per heavy atom. The third-order valence-corrected chi connectivity index (χ3v) is 10.3. The van der Waals surface area contributed by atoms with Crippen molar-refractivity contribution in [2.24, 2.45) is 17.8 Å². The standard InChI is InChI=1S/C24H31FN2O4S/c1-2-8-24(9-3-10-27(24)32(30,31)20-6-4-19(25)5-7-20)22(28)26-21-17-11-16-12-18(21)15-23(29,13-16)14-17/h2,4-7,16-18,21,29H,1,3,8-15H2,(H,26,28). The van der Waals surface area contributed by atoms with Crippen molar-refractivity contribution in [3.05, 3.63) is 42.7 Å². The lowest BCUT2D eigenvalue weighted by atomic mass is 9.52. The van der Waals surface area contributed by atoms with Gasteiger partial charge in [-0.2, -0.15) is 4.31 Å². The number of hydrogen-bond donors (Lipinski definition) is 2. The molecule has 3 unspecified atom stereocenters. The molecular formula is C24H31FN2O4S. The van der Waals surface area contributed by atoms with Gasteiger partial charge >= 0.3 is 0 Å². The summed E-state index contributed by atoms with van der Waals surface area (Å²) in [6, 6.07) is 4.71. The Morgan fingerprint density at radius 3 is 2.47 bits per heavy atom. The zero-order valence-electron chi connectivity index (χ0n) is 18.2. The van der Waals surface area contributed by atoms with E-state index in [1.165, 1.54) is 16.4 Å². The number of rotatable bonds is 6. The summed E-state index contributed by atoms with van der Waals surface area (Å²) in [6.07, 6.45) is 7.11. The van der Waals surface area contributed by atoms with Gasteiger partial charge in [-0.05, 0) is 93.4 Å². The number of benzene rings is 1. The molecule has 4 saturated carbocycles. The first-order valence-electron chi connectivity index (χ1n) is 11.6. The van der Waals surface area contributed by atoms with Crippen LogP contribution in [0.5, 0.6) is 0 Å². The SMILES string of the molecule is C=CCC1(C(=O)NC2C3CC4CC2CC(O)(C4)C3)CCCN1S(=O)(=O)c1ccc(F)cc1. The number of carbonyl (C=O) groups excluding carboxylic acids is 1. The van der Waals surface area contributed by atoms with Gasteiger partial charge in [0.25, 0.3) is 0 Å². The van der Waals surface area contributed by atoms with E-state index in [4.69, 9.17) is 0 Å². The average molecular weight is 463 g/mol. The lowest BCUT2D eigenvalue weighted by molar-refractivity contribution is -0.150. The largest absolute Gasteiger partial charge is 0.390 e. The van der Waals surface area contributed by atoms with E-state index in [0.29, 0.717) is 31.6 Å². The van der Waals surface area contributed by atoms with Crippen molar-refractivity contribution in [2.75, 3.05) is 6.54 Å². The molecule has 1 aliphatic heterocycles. The van der Waals surface area contributed by atoms with Gasteiger partial charge in [0.15, 0.2) is 0 Å². The molecule has 174 valence electrons. The Hall–Kier alpha value is -1.77. The lowest BCUT2D eigenvalue weighted by Crippen LogP contribution is -2.65. The van der Waals surface area contributed by atoms with E-state index in [1.807, 2.05) is 0 Å². The fourth-order valence-corrected chi connectivity index (χ4v) is 9.02. The molecule has 8 heteroatoms. The number of nitrogens with one attached hydrogen (secondary N) is 1. The van der Waals surface area contributed by atoms with Crippen molar-refractivity contribution in [3.8, 4) is 0 Å². The van der Waals surface area contributed by atoms with Gasteiger partial charge in [0, 0.05) is 12.6 Å². The maximum absolute atomic E-state index is 13.8. The summed E-state index contributed by atoms with van der Waals surface area (Å²) in [7, 11) is -3.98. The summed E-state index contributed by atoms with van der Waals surface area (Å²) in [5.41, 5.74) is -1.83. The molecule has 6 nitrogen and oxygen atoms in total. The van der Waals surface area contributed by atoms with Gasteiger partial charge < -0.3 is 10.4 Å². The Labute approximate surface area is 188 Å². The van der Waals surface area contributed by atoms with Crippen LogP contribution in [0.2, 0.25) is 0 Å². The third kappa shape index (κ3) is 3.42. The van der Waals surface area contributed by atoms with Gasteiger partial charge in [0.1, 0.15) is 11.4 Å². The maximum Gasteiger partial charge on any atom is 0.244 e. The molecule has 5 aliphatic rings. The van der Waals surface area contributed by atoms with Gasteiger partial charge in [-0.25, -0.2) is 12.8 Å². The fraction of sp³-hybridized carbons (Fsp3) is 0.625. The summed E-state index contributed by atoms with van der Waals surface area (Å²) < 4.78 is 41.6. The monoisotopic (exact) mass is 462 g/mol. The summed E-state index contributed by atoms with van der Waals surface area (Å²) in [6.45, 7) is 4.03. The van der Waals surface area contributed by atoms with Crippen molar-refractivity contribution in [3.63, 3.8) is 0 Å². The summed E-state index contributed by atoms with van der Waals surface area (Å²) >= 11 is 0. The normalized spacial score (nSPS) is 38.7. The summed E-state index contributed by atoms with van der Waals surface area (Å²) in [4.78, 5) is 13.8. The number of sulfonamides is 1. The molecule has 4 aliphatic carbocycles. The van der Waals surface area contributed by atoms with Crippen molar-refractivity contribution >= 4 is 15.9 Å². The van der Waals surface area contributed by atoms with E-state index in [2.05, 4.69) is 11.9 Å². The highest BCUT2D eigenvalue weighted by atomic mass is 32.2. The number of nitrogens with zero attached hydrogens (tertiary/aromatic N) is 1. The summed E-state index contributed by atoms with van der Waals surface area (Å²) in [5.74, 6) is 0.211. The van der Waals surface area contributed by atoms with Crippen molar-refractivity contribution in [1.82, 2.24) is 9.62 Å². The van der Waals surface area contributed by atoms with Crippen molar-refractivity contribution in [2.45, 2.75) is 73.4 Å². The van der Waals surface area contributed by atoms with Crippen molar-refractivity contribution < 1.29 is 22.7 Å². The van der Waals surface area contributed by atoms with Gasteiger partial charge in [0.2, 0.25) is 15.9 Å². The molecule has 6 rings (SSSR count). The van der Waals surface area contributed by atoms with E-state index >= 15 is 0 Å². The van der Waals surface area contributed by atoms with Crippen LogP contribution in [0.3, 0.4) is 0 Å². The van der Waals surface area contributed by atoms with Crippen LogP contribution in [0.25, 0.3) is 0 Å². The van der Waals surface area contributed by atoms with E-state index in [9.17, 15) is 22.7 Å². The number of halogens is 1. The zero-order valence-corrected chi connectivity index (χ0v) is 19.0. The highest BCUT2D eigenvalue weighted by Gasteiger charge is 2.57. The van der Waals surface area contributed by atoms with Crippen LogP contribution in [-0.2, 0) is 14.8 Å². The van der Waals surface area contributed by atoms with Crippen LogP contribution in [-0.4, -0.2) is 47.5 Å². The molecule has 0 aromatic heterocycles. The second kappa shape index (κ2) is 7.64. The Morgan fingerprint density at radius 1 is 1.22 bits per heavy atom. The number of amides is 1. The quantitative estimate of drug-likeness (QED) is 0.637.